The van der Waals surface area contributed by atoms with Gasteiger partial charge >= 0.3 is 0 Å². The Morgan fingerprint density at radius 1 is 1.30 bits per heavy atom. The third-order valence-electron chi connectivity index (χ3n) is 3.11. The molecule has 5 heteroatoms. The fourth-order valence-electron chi connectivity index (χ4n) is 2.15. The monoisotopic (exact) mass is 274 g/mol. The van der Waals surface area contributed by atoms with Crippen LogP contribution in [0, 0.1) is 0 Å². The van der Waals surface area contributed by atoms with Crippen LogP contribution >= 0.6 is 0 Å². The van der Waals surface area contributed by atoms with E-state index in [2.05, 4.69) is 22.1 Å². The Morgan fingerprint density at radius 2 is 2.05 bits per heavy atom. The first-order valence-corrected chi connectivity index (χ1v) is 6.89. The SMILES string of the molecule is CCOc1ccc(-c2n[nH]cc2CN(C)CCN)cc1. The molecule has 0 fully saturated rings. The lowest BCUT2D eigenvalue weighted by Gasteiger charge is -2.15. The molecule has 1 heterocycles. The predicted octanol–water partition coefficient (Wildman–Crippen LogP) is 1.87. The molecule has 1 aromatic heterocycles. The van der Waals surface area contributed by atoms with Gasteiger partial charge < -0.3 is 15.4 Å². The van der Waals surface area contributed by atoms with Crippen molar-refractivity contribution in [2.45, 2.75) is 13.5 Å². The third-order valence-corrected chi connectivity index (χ3v) is 3.11. The first-order valence-electron chi connectivity index (χ1n) is 6.89. The smallest absolute Gasteiger partial charge is 0.119 e. The van der Waals surface area contributed by atoms with Crippen LogP contribution in [0.25, 0.3) is 11.3 Å². The number of aromatic amines is 1. The second-order valence-corrected chi connectivity index (χ2v) is 4.74. The van der Waals surface area contributed by atoms with Crippen LogP contribution in [0.15, 0.2) is 30.5 Å². The van der Waals surface area contributed by atoms with E-state index in [4.69, 9.17) is 10.5 Å². The van der Waals surface area contributed by atoms with E-state index in [0.717, 1.165) is 30.1 Å². The molecular weight excluding hydrogens is 252 g/mol. The Kier molecular flexibility index (Phi) is 5.15. The van der Waals surface area contributed by atoms with Gasteiger partial charge in [0, 0.05) is 37.0 Å². The normalized spacial score (nSPS) is 11.0. The summed E-state index contributed by atoms with van der Waals surface area (Å²) in [6.45, 7) is 5.01. The molecule has 5 nitrogen and oxygen atoms in total. The minimum Gasteiger partial charge on any atom is -0.494 e. The lowest BCUT2D eigenvalue weighted by Crippen LogP contribution is -2.25. The summed E-state index contributed by atoms with van der Waals surface area (Å²) in [6, 6.07) is 8.02. The number of H-pyrrole nitrogens is 1. The molecule has 0 unspecified atom stereocenters. The Morgan fingerprint density at radius 3 is 2.70 bits per heavy atom. The maximum Gasteiger partial charge on any atom is 0.119 e. The second-order valence-electron chi connectivity index (χ2n) is 4.74. The highest BCUT2D eigenvalue weighted by atomic mass is 16.5. The molecule has 0 aliphatic heterocycles. The molecule has 2 rings (SSSR count). The summed E-state index contributed by atoms with van der Waals surface area (Å²) in [7, 11) is 2.06. The largest absolute Gasteiger partial charge is 0.494 e. The molecule has 2 aromatic rings. The number of aromatic nitrogens is 2. The van der Waals surface area contributed by atoms with Gasteiger partial charge in [0.25, 0.3) is 0 Å². The molecule has 1 aromatic carbocycles. The predicted molar refractivity (Wildman–Crippen MR) is 80.6 cm³/mol. The first-order chi connectivity index (χ1) is 9.74. The molecule has 0 spiro atoms. The molecular formula is C15H22N4O. The van der Waals surface area contributed by atoms with Gasteiger partial charge in [0.1, 0.15) is 5.75 Å². The van der Waals surface area contributed by atoms with Gasteiger partial charge in [0.2, 0.25) is 0 Å². The van der Waals surface area contributed by atoms with E-state index in [1.807, 2.05) is 37.4 Å². The van der Waals surface area contributed by atoms with Crippen molar-refractivity contribution < 1.29 is 4.74 Å². The summed E-state index contributed by atoms with van der Waals surface area (Å²) < 4.78 is 5.45. The minimum absolute atomic E-state index is 0.659. The highest BCUT2D eigenvalue weighted by Gasteiger charge is 2.10. The summed E-state index contributed by atoms with van der Waals surface area (Å²) in [6.07, 6.45) is 1.94. The fraction of sp³-hybridized carbons (Fsp3) is 0.400. The van der Waals surface area contributed by atoms with Crippen LogP contribution in [-0.2, 0) is 6.54 Å². The van der Waals surface area contributed by atoms with Crippen molar-refractivity contribution in [2.24, 2.45) is 5.73 Å². The van der Waals surface area contributed by atoms with E-state index in [9.17, 15) is 0 Å². The van der Waals surface area contributed by atoms with E-state index in [-0.39, 0.29) is 0 Å². The van der Waals surface area contributed by atoms with Crippen molar-refractivity contribution >= 4 is 0 Å². The maximum absolute atomic E-state index is 5.57. The Labute approximate surface area is 119 Å². The van der Waals surface area contributed by atoms with Crippen LogP contribution in [0.3, 0.4) is 0 Å². The molecule has 0 radical (unpaired) electrons. The van der Waals surface area contributed by atoms with E-state index in [0.29, 0.717) is 13.2 Å². The van der Waals surface area contributed by atoms with Crippen LogP contribution in [0.5, 0.6) is 5.75 Å². The lowest BCUT2D eigenvalue weighted by atomic mass is 10.1. The number of nitrogens with one attached hydrogen (secondary N) is 1. The molecule has 108 valence electrons. The van der Waals surface area contributed by atoms with Crippen molar-refractivity contribution in [3.8, 4) is 17.0 Å². The summed E-state index contributed by atoms with van der Waals surface area (Å²) in [5, 5.41) is 7.30. The van der Waals surface area contributed by atoms with Gasteiger partial charge in [-0.2, -0.15) is 5.10 Å². The third kappa shape index (κ3) is 3.59. The molecule has 0 aliphatic rings. The van der Waals surface area contributed by atoms with Crippen molar-refractivity contribution in [1.29, 1.82) is 0 Å². The first kappa shape index (κ1) is 14.6. The highest BCUT2D eigenvalue weighted by molar-refractivity contribution is 5.63. The van der Waals surface area contributed by atoms with E-state index in [1.165, 1.54) is 5.56 Å². The Hall–Kier alpha value is -1.85. The molecule has 0 amide bonds. The number of benzene rings is 1. The Balaban J connectivity index is 2.14. The van der Waals surface area contributed by atoms with Crippen LogP contribution in [-0.4, -0.2) is 41.8 Å². The molecule has 0 bridgehead atoms. The molecule has 3 N–H and O–H groups in total. The Bertz CT molecular complexity index is 521. The number of nitrogens with two attached hydrogens (primary N) is 1. The summed E-state index contributed by atoms with van der Waals surface area (Å²) >= 11 is 0. The van der Waals surface area contributed by atoms with E-state index in [1.54, 1.807) is 0 Å². The number of ether oxygens (including phenoxy) is 1. The van der Waals surface area contributed by atoms with Crippen LogP contribution in [0.4, 0.5) is 0 Å². The number of hydrogen-bond acceptors (Lipinski definition) is 4. The maximum atomic E-state index is 5.57. The average molecular weight is 274 g/mol. The molecule has 0 saturated heterocycles. The van der Waals surface area contributed by atoms with Gasteiger partial charge in [-0.3, -0.25) is 5.10 Å². The lowest BCUT2D eigenvalue weighted by molar-refractivity contribution is 0.336. The zero-order valence-corrected chi connectivity index (χ0v) is 12.1. The number of likely N-dealkylation sites (N-methyl/N-ethyl adjacent to an activating group) is 1. The summed E-state index contributed by atoms with van der Waals surface area (Å²) in [5.74, 6) is 0.883. The van der Waals surface area contributed by atoms with Crippen molar-refractivity contribution in [1.82, 2.24) is 15.1 Å². The minimum atomic E-state index is 0.659. The quantitative estimate of drug-likeness (QED) is 0.809. The zero-order chi connectivity index (χ0) is 14.4. The van der Waals surface area contributed by atoms with Gasteiger partial charge in [-0.05, 0) is 38.2 Å². The average Bonchev–Trinajstić information content (AvgIpc) is 2.88. The van der Waals surface area contributed by atoms with Gasteiger partial charge in [-0.25, -0.2) is 0 Å². The van der Waals surface area contributed by atoms with Gasteiger partial charge in [0.15, 0.2) is 0 Å². The molecule has 0 aliphatic carbocycles. The van der Waals surface area contributed by atoms with Crippen LogP contribution in [0.1, 0.15) is 12.5 Å². The number of nitrogens with zero attached hydrogens (tertiary/aromatic N) is 2. The topological polar surface area (TPSA) is 67.2 Å². The number of rotatable bonds is 7. The van der Waals surface area contributed by atoms with Crippen molar-refractivity contribution in [3.63, 3.8) is 0 Å². The molecule has 0 atom stereocenters. The van der Waals surface area contributed by atoms with Gasteiger partial charge in [0.05, 0.1) is 12.3 Å². The molecule has 20 heavy (non-hydrogen) atoms. The molecule has 0 saturated carbocycles. The second kappa shape index (κ2) is 7.07. The van der Waals surface area contributed by atoms with Gasteiger partial charge in [-0.1, -0.05) is 0 Å². The summed E-state index contributed by atoms with van der Waals surface area (Å²) in [5.41, 5.74) is 8.82. The standard InChI is InChI=1S/C15H22N4O/c1-3-20-14-6-4-12(5-7-14)15-13(10-17-18-15)11-19(2)9-8-16/h4-7,10H,3,8-9,11,16H2,1-2H3,(H,17,18). The van der Waals surface area contributed by atoms with Crippen LogP contribution in [0.2, 0.25) is 0 Å². The summed E-state index contributed by atoms with van der Waals surface area (Å²) in [4.78, 5) is 2.18. The van der Waals surface area contributed by atoms with Crippen molar-refractivity contribution in [3.05, 3.63) is 36.0 Å². The number of hydrogen-bond donors (Lipinski definition) is 2. The van der Waals surface area contributed by atoms with E-state index >= 15 is 0 Å². The van der Waals surface area contributed by atoms with Gasteiger partial charge in [-0.15, -0.1) is 0 Å². The fourth-order valence-corrected chi connectivity index (χ4v) is 2.15. The zero-order valence-electron chi connectivity index (χ0n) is 12.1. The highest BCUT2D eigenvalue weighted by Crippen LogP contribution is 2.24. The van der Waals surface area contributed by atoms with E-state index < -0.39 is 0 Å². The van der Waals surface area contributed by atoms with Crippen LogP contribution < -0.4 is 10.5 Å². The van der Waals surface area contributed by atoms with Crippen molar-refractivity contribution in [2.75, 3.05) is 26.7 Å².